The van der Waals surface area contributed by atoms with Crippen molar-refractivity contribution in [3.63, 3.8) is 0 Å². The van der Waals surface area contributed by atoms with Crippen LogP contribution in [0.25, 0.3) is 0 Å². The van der Waals surface area contributed by atoms with Gasteiger partial charge in [-0.25, -0.2) is 13.6 Å². The molecule has 1 rings (SSSR count). The summed E-state index contributed by atoms with van der Waals surface area (Å²) in [7, 11) is -4.14. The summed E-state index contributed by atoms with van der Waals surface area (Å²) in [5.74, 6) is -0.155. The van der Waals surface area contributed by atoms with Gasteiger partial charge in [0.05, 0.1) is 4.92 Å². The molecule has 18 heavy (non-hydrogen) atoms. The van der Waals surface area contributed by atoms with Crippen molar-refractivity contribution in [2.75, 3.05) is 6.61 Å². The van der Waals surface area contributed by atoms with Crippen LogP contribution in [-0.2, 0) is 10.0 Å². The zero-order valence-corrected chi connectivity index (χ0v) is 10.6. The van der Waals surface area contributed by atoms with Crippen molar-refractivity contribution >= 4 is 27.3 Å². The normalized spacial score (nSPS) is 11.0. The Labute approximate surface area is 108 Å². The maximum atomic E-state index is 11.2. The number of nitro benzene ring substituents is 1. The molecule has 98 valence electrons. The fourth-order valence-corrected chi connectivity index (χ4v) is 2.34. The lowest BCUT2D eigenvalue weighted by atomic mass is 10.3. The molecule has 7 nitrogen and oxygen atoms in total. The van der Waals surface area contributed by atoms with Gasteiger partial charge in [-0.3, -0.25) is 10.1 Å². The van der Waals surface area contributed by atoms with Gasteiger partial charge in [-0.05, 0) is 12.1 Å². The van der Waals surface area contributed by atoms with Gasteiger partial charge in [-0.2, -0.15) is 0 Å². The molecule has 1 aromatic rings. The number of halogens is 1. The molecule has 0 saturated heterocycles. The molecule has 0 aliphatic rings. The van der Waals surface area contributed by atoms with E-state index in [0.717, 1.165) is 12.1 Å². The molecular formula is C9H9ClN2O5S. The zero-order chi connectivity index (χ0) is 13.9. The van der Waals surface area contributed by atoms with Crippen LogP contribution in [-0.4, -0.2) is 19.9 Å². The number of hydrogen-bond acceptors (Lipinski definition) is 5. The van der Waals surface area contributed by atoms with Crippen LogP contribution in [0.1, 0.15) is 0 Å². The molecule has 0 spiro atoms. The van der Waals surface area contributed by atoms with Crippen molar-refractivity contribution in [3.8, 4) is 5.75 Å². The molecule has 0 aromatic heterocycles. The number of benzene rings is 1. The molecule has 2 N–H and O–H groups in total. The molecule has 0 unspecified atom stereocenters. The molecule has 0 radical (unpaired) electrons. The van der Waals surface area contributed by atoms with Crippen molar-refractivity contribution in [1.82, 2.24) is 0 Å². The minimum absolute atomic E-state index is 0.0197. The van der Waals surface area contributed by atoms with Crippen molar-refractivity contribution in [3.05, 3.63) is 39.9 Å². The summed E-state index contributed by atoms with van der Waals surface area (Å²) in [4.78, 5) is 9.50. The largest absolute Gasteiger partial charge is 0.483 e. The van der Waals surface area contributed by atoms with Gasteiger partial charge in [0.15, 0.2) is 5.75 Å². The van der Waals surface area contributed by atoms with E-state index in [4.69, 9.17) is 21.5 Å². The Morgan fingerprint density at radius 2 is 2.17 bits per heavy atom. The van der Waals surface area contributed by atoms with Gasteiger partial charge < -0.3 is 4.74 Å². The summed E-state index contributed by atoms with van der Waals surface area (Å²) in [6, 6.07) is 2.16. The first-order valence-corrected chi connectivity index (χ1v) is 6.45. The van der Waals surface area contributed by atoms with Crippen LogP contribution in [0.4, 0.5) is 5.69 Å². The summed E-state index contributed by atoms with van der Waals surface area (Å²) in [6.07, 6.45) is 1.38. The number of rotatable bonds is 5. The quantitative estimate of drug-likeness (QED) is 0.501. The highest BCUT2D eigenvalue weighted by molar-refractivity contribution is 7.89. The van der Waals surface area contributed by atoms with Crippen molar-refractivity contribution in [2.45, 2.75) is 4.90 Å². The van der Waals surface area contributed by atoms with E-state index in [9.17, 15) is 18.5 Å². The van der Waals surface area contributed by atoms with E-state index < -0.39 is 30.6 Å². The van der Waals surface area contributed by atoms with Crippen LogP contribution in [0.2, 0.25) is 5.02 Å². The van der Waals surface area contributed by atoms with Crippen LogP contribution < -0.4 is 9.88 Å². The van der Waals surface area contributed by atoms with Crippen molar-refractivity contribution in [2.24, 2.45) is 5.14 Å². The van der Waals surface area contributed by atoms with E-state index in [0.29, 0.717) is 0 Å². The second-order valence-corrected chi connectivity index (χ2v) is 5.03. The van der Waals surface area contributed by atoms with Crippen molar-refractivity contribution < 1.29 is 18.1 Å². The van der Waals surface area contributed by atoms with Crippen LogP contribution in [0, 0.1) is 10.1 Å². The third-order valence-corrected chi connectivity index (χ3v) is 3.34. The van der Waals surface area contributed by atoms with E-state index >= 15 is 0 Å². The Hall–Kier alpha value is -1.64. The second kappa shape index (κ2) is 5.34. The van der Waals surface area contributed by atoms with Gasteiger partial charge in [0.1, 0.15) is 16.5 Å². The first-order valence-electron chi connectivity index (χ1n) is 4.52. The Kier molecular flexibility index (Phi) is 4.28. The molecule has 0 aliphatic carbocycles. The predicted octanol–water partition coefficient (Wildman–Crippen LogP) is 1.46. The molecule has 0 fully saturated rings. The van der Waals surface area contributed by atoms with Gasteiger partial charge in [0, 0.05) is 0 Å². The SMILES string of the molecule is C=CCOc1ccc(S(N)(=O)=O)c(Cl)c1[N+](=O)[O-]. The minimum atomic E-state index is -4.14. The Morgan fingerprint density at radius 1 is 1.56 bits per heavy atom. The summed E-state index contributed by atoms with van der Waals surface area (Å²) < 4.78 is 27.4. The maximum Gasteiger partial charge on any atom is 0.330 e. The van der Waals surface area contributed by atoms with E-state index in [1.807, 2.05) is 0 Å². The van der Waals surface area contributed by atoms with Crippen LogP contribution in [0.15, 0.2) is 29.7 Å². The lowest BCUT2D eigenvalue weighted by Gasteiger charge is -2.08. The minimum Gasteiger partial charge on any atom is -0.483 e. The highest BCUT2D eigenvalue weighted by Crippen LogP contribution is 2.38. The lowest BCUT2D eigenvalue weighted by Crippen LogP contribution is -2.13. The molecule has 0 atom stereocenters. The molecule has 9 heteroatoms. The van der Waals surface area contributed by atoms with E-state index in [2.05, 4.69) is 6.58 Å². The zero-order valence-electron chi connectivity index (χ0n) is 9.00. The Balaban J connectivity index is 3.47. The number of sulfonamides is 1. The maximum absolute atomic E-state index is 11.2. The van der Waals surface area contributed by atoms with Gasteiger partial charge in [0.25, 0.3) is 0 Å². The van der Waals surface area contributed by atoms with Crippen molar-refractivity contribution in [1.29, 1.82) is 0 Å². The van der Waals surface area contributed by atoms with E-state index in [1.165, 1.54) is 6.08 Å². The summed E-state index contributed by atoms with van der Waals surface area (Å²) in [5, 5.41) is 15.2. The first kappa shape index (κ1) is 14.4. The average molecular weight is 293 g/mol. The van der Waals surface area contributed by atoms with Gasteiger partial charge in [-0.1, -0.05) is 24.3 Å². The molecule has 0 amide bonds. The Morgan fingerprint density at radius 3 is 2.61 bits per heavy atom. The summed E-state index contributed by atoms with van der Waals surface area (Å²) in [6.45, 7) is 3.41. The van der Waals surface area contributed by atoms with Gasteiger partial charge in [-0.15, -0.1) is 0 Å². The summed E-state index contributed by atoms with van der Waals surface area (Å²) in [5.41, 5.74) is -0.648. The highest BCUT2D eigenvalue weighted by Gasteiger charge is 2.27. The standard InChI is InChI=1S/C9H9ClN2O5S/c1-2-5-17-6-3-4-7(18(11,15)16)8(10)9(6)12(13)14/h2-4H,1,5H2,(H2,11,15,16). The molecular weight excluding hydrogens is 284 g/mol. The number of nitrogens with zero attached hydrogens (tertiary/aromatic N) is 1. The monoisotopic (exact) mass is 292 g/mol. The van der Waals surface area contributed by atoms with Gasteiger partial charge >= 0.3 is 5.69 Å². The van der Waals surface area contributed by atoms with Crippen LogP contribution >= 0.6 is 11.6 Å². The lowest BCUT2D eigenvalue weighted by molar-refractivity contribution is -0.385. The molecule has 1 aromatic carbocycles. The number of nitro groups is 1. The Bertz CT molecular complexity index is 599. The number of ether oxygens (including phenoxy) is 1. The van der Waals surface area contributed by atoms with E-state index in [1.54, 1.807) is 0 Å². The van der Waals surface area contributed by atoms with Crippen LogP contribution in [0.3, 0.4) is 0 Å². The van der Waals surface area contributed by atoms with E-state index in [-0.39, 0.29) is 12.4 Å². The topological polar surface area (TPSA) is 113 Å². The molecule has 0 saturated carbocycles. The van der Waals surface area contributed by atoms with Gasteiger partial charge in [0.2, 0.25) is 10.0 Å². The third-order valence-electron chi connectivity index (χ3n) is 1.89. The predicted molar refractivity (Wildman–Crippen MR) is 65.2 cm³/mol. The first-order chi connectivity index (χ1) is 8.29. The highest BCUT2D eigenvalue weighted by atomic mass is 35.5. The number of hydrogen-bond donors (Lipinski definition) is 1. The molecule has 0 bridgehead atoms. The smallest absolute Gasteiger partial charge is 0.330 e. The number of nitrogens with two attached hydrogens (primary N) is 1. The molecule has 0 aliphatic heterocycles. The molecule has 0 heterocycles. The fourth-order valence-electron chi connectivity index (χ4n) is 1.18. The second-order valence-electron chi connectivity index (χ2n) is 3.13. The third kappa shape index (κ3) is 2.97. The average Bonchev–Trinajstić information content (AvgIpc) is 2.23. The fraction of sp³-hybridized carbons (Fsp3) is 0.111. The number of primary sulfonamides is 1. The summed E-state index contributed by atoms with van der Waals surface area (Å²) >= 11 is 5.67. The van der Waals surface area contributed by atoms with Crippen LogP contribution in [0.5, 0.6) is 5.75 Å².